The van der Waals surface area contributed by atoms with E-state index in [0.29, 0.717) is 11.3 Å². The summed E-state index contributed by atoms with van der Waals surface area (Å²) < 4.78 is 5.24. The zero-order valence-electron chi connectivity index (χ0n) is 7.90. The molecule has 0 aliphatic carbocycles. The third-order valence-electron chi connectivity index (χ3n) is 2.45. The molecule has 0 aliphatic rings. The van der Waals surface area contributed by atoms with Crippen molar-refractivity contribution in [1.29, 1.82) is 0 Å². The number of hydrogen-bond acceptors (Lipinski definition) is 4. The van der Waals surface area contributed by atoms with E-state index >= 15 is 0 Å². The van der Waals surface area contributed by atoms with E-state index in [1.807, 2.05) is 24.3 Å². The molecule has 0 radical (unpaired) electrons. The standard InChI is InChI=1S/C11H9N3O/c12-8-5-9-10(14-11(13)15-9)7-4-2-1-3-6(7)8/h1-5H,12H2,(H2,13,14). The Labute approximate surface area is 85.5 Å². The lowest BCUT2D eigenvalue weighted by Crippen LogP contribution is -1.87. The van der Waals surface area contributed by atoms with Crippen molar-refractivity contribution in [3.63, 3.8) is 0 Å². The number of anilines is 2. The van der Waals surface area contributed by atoms with Crippen LogP contribution < -0.4 is 11.5 Å². The van der Waals surface area contributed by atoms with Gasteiger partial charge in [-0.05, 0) is 0 Å². The first kappa shape index (κ1) is 8.11. The van der Waals surface area contributed by atoms with Crippen LogP contribution >= 0.6 is 0 Å². The average molecular weight is 199 g/mol. The van der Waals surface area contributed by atoms with Gasteiger partial charge >= 0.3 is 0 Å². The molecule has 0 aliphatic heterocycles. The monoisotopic (exact) mass is 199 g/mol. The molecule has 4 heteroatoms. The van der Waals surface area contributed by atoms with Crippen molar-refractivity contribution in [2.75, 3.05) is 11.5 Å². The SMILES string of the molecule is Nc1nc2c(cc(N)c3ccccc32)o1. The Hall–Kier alpha value is -2.23. The topological polar surface area (TPSA) is 78.1 Å². The van der Waals surface area contributed by atoms with Gasteiger partial charge in [-0.1, -0.05) is 24.3 Å². The molecule has 15 heavy (non-hydrogen) atoms. The zero-order valence-corrected chi connectivity index (χ0v) is 7.90. The van der Waals surface area contributed by atoms with Gasteiger partial charge in [-0.15, -0.1) is 0 Å². The fourth-order valence-corrected chi connectivity index (χ4v) is 1.80. The minimum Gasteiger partial charge on any atom is -0.424 e. The van der Waals surface area contributed by atoms with E-state index < -0.39 is 0 Å². The predicted octanol–water partition coefficient (Wildman–Crippen LogP) is 2.15. The maximum Gasteiger partial charge on any atom is 0.293 e. The van der Waals surface area contributed by atoms with Crippen LogP contribution in [0, 0.1) is 0 Å². The van der Waals surface area contributed by atoms with E-state index in [1.54, 1.807) is 6.07 Å². The van der Waals surface area contributed by atoms with Gasteiger partial charge in [-0.2, -0.15) is 4.98 Å². The zero-order chi connectivity index (χ0) is 10.4. The number of rotatable bonds is 0. The molecule has 0 fully saturated rings. The molecule has 0 amide bonds. The molecule has 4 N–H and O–H groups in total. The molecule has 0 unspecified atom stereocenters. The van der Waals surface area contributed by atoms with Gasteiger partial charge in [0.05, 0.1) is 0 Å². The fourth-order valence-electron chi connectivity index (χ4n) is 1.80. The lowest BCUT2D eigenvalue weighted by Gasteiger charge is -2.00. The lowest BCUT2D eigenvalue weighted by molar-refractivity contribution is 0.626. The van der Waals surface area contributed by atoms with Gasteiger partial charge in [0.2, 0.25) is 0 Å². The summed E-state index contributed by atoms with van der Waals surface area (Å²) in [6.07, 6.45) is 0. The second kappa shape index (κ2) is 2.63. The summed E-state index contributed by atoms with van der Waals surface area (Å²) in [4.78, 5) is 4.14. The van der Waals surface area contributed by atoms with Crippen LogP contribution in [-0.4, -0.2) is 4.98 Å². The van der Waals surface area contributed by atoms with E-state index in [0.717, 1.165) is 16.3 Å². The van der Waals surface area contributed by atoms with Crippen molar-refractivity contribution < 1.29 is 4.42 Å². The number of benzene rings is 2. The third kappa shape index (κ3) is 1.05. The van der Waals surface area contributed by atoms with Gasteiger partial charge in [-0.25, -0.2) is 0 Å². The Kier molecular flexibility index (Phi) is 1.42. The van der Waals surface area contributed by atoms with E-state index in [2.05, 4.69) is 4.98 Å². The first-order valence-corrected chi connectivity index (χ1v) is 4.59. The lowest BCUT2D eigenvalue weighted by atomic mass is 10.1. The molecule has 3 rings (SSSR count). The van der Waals surface area contributed by atoms with Crippen LogP contribution in [0.1, 0.15) is 0 Å². The summed E-state index contributed by atoms with van der Waals surface area (Å²) in [5.41, 5.74) is 13.5. The summed E-state index contributed by atoms with van der Waals surface area (Å²) >= 11 is 0. The molecule has 74 valence electrons. The Morgan fingerprint density at radius 2 is 1.80 bits per heavy atom. The molecular formula is C11H9N3O. The van der Waals surface area contributed by atoms with Gasteiger partial charge in [-0.3, -0.25) is 0 Å². The van der Waals surface area contributed by atoms with E-state index in [4.69, 9.17) is 15.9 Å². The number of nitrogens with two attached hydrogens (primary N) is 2. The van der Waals surface area contributed by atoms with Gasteiger partial charge in [0, 0.05) is 22.5 Å². The van der Waals surface area contributed by atoms with Crippen LogP contribution in [0.15, 0.2) is 34.7 Å². The van der Waals surface area contributed by atoms with Gasteiger partial charge in [0.25, 0.3) is 6.01 Å². The summed E-state index contributed by atoms with van der Waals surface area (Å²) in [6.45, 7) is 0. The molecule has 1 heterocycles. The Balaban J connectivity index is 2.62. The highest BCUT2D eigenvalue weighted by Crippen LogP contribution is 2.30. The van der Waals surface area contributed by atoms with E-state index in [1.165, 1.54) is 0 Å². The Bertz CT molecular complexity index is 657. The van der Waals surface area contributed by atoms with Crippen LogP contribution in [0.3, 0.4) is 0 Å². The van der Waals surface area contributed by atoms with Gasteiger partial charge in [0.1, 0.15) is 5.52 Å². The average Bonchev–Trinajstić information content (AvgIpc) is 2.59. The minimum atomic E-state index is 0.167. The van der Waals surface area contributed by atoms with Crippen molar-refractivity contribution in [1.82, 2.24) is 4.98 Å². The third-order valence-corrected chi connectivity index (χ3v) is 2.45. The van der Waals surface area contributed by atoms with Gasteiger partial charge < -0.3 is 15.9 Å². The van der Waals surface area contributed by atoms with Crippen LogP contribution in [0.2, 0.25) is 0 Å². The molecule has 3 aromatic rings. The molecule has 1 aromatic heterocycles. The largest absolute Gasteiger partial charge is 0.424 e. The normalized spacial score (nSPS) is 11.2. The van der Waals surface area contributed by atoms with Crippen LogP contribution in [0.4, 0.5) is 11.7 Å². The maximum absolute atomic E-state index is 5.90. The second-order valence-corrected chi connectivity index (χ2v) is 3.41. The summed E-state index contributed by atoms with van der Waals surface area (Å²) in [5, 5.41) is 1.94. The summed E-state index contributed by atoms with van der Waals surface area (Å²) in [5.74, 6) is 0. The Morgan fingerprint density at radius 3 is 2.60 bits per heavy atom. The second-order valence-electron chi connectivity index (χ2n) is 3.41. The molecule has 4 nitrogen and oxygen atoms in total. The van der Waals surface area contributed by atoms with Crippen molar-refractivity contribution >= 4 is 33.6 Å². The number of aromatic nitrogens is 1. The smallest absolute Gasteiger partial charge is 0.293 e. The maximum atomic E-state index is 5.90. The van der Waals surface area contributed by atoms with Crippen molar-refractivity contribution in [3.05, 3.63) is 30.3 Å². The number of nitrogen functional groups attached to an aromatic ring is 2. The summed E-state index contributed by atoms with van der Waals surface area (Å²) in [6, 6.07) is 9.70. The Morgan fingerprint density at radius 1 is 1.07 bits per heavy atom. The highest BCUT2D eigenvalue weighted by atomic mass is 16.4. The molecule has 0 spiro atoms. The van der Waals surface area contributed by atoms with Gasteiger partial charge in [0.15, 0.2) is 5.58 Å². The number of nitrogens with zero attached hydrogens (tertiary/aromatic N) is 1. The van der Waals surface area contributed by atoms with Crippen LogP contribution in [0.5, 0.6) is 0 Å². The predicted molar refractivity (Wildman–Crippen MR) is 60.3 cm³/mol. The van der Waals surface area contributed by atoms with Crippen molar-refractivity contribution in [2.24, 2.45) is 0 Å². The van der Waals surface area contributed by atoms with Crippen molar-refractivity contribution in [2.45, 2.75) is 0 Å². The summed E-state index contributed by atoms with van der Waals surface area (Å²) in [7, 11) is 0. The van der Waals surface area contributed by atoms with E-state index in [-0.39, 0.29) is 6.01 Å². The van der Waals surface area contributed by atoms with Crippen LogP contribution in [0.25, 0.3) is 21.9 Å². The molecule has 0 saturated carbocycles. The number of oxazole rings is 1. The number of hydrogen-bond donors (Lipinski definition) is 2. The van der Waals surface area contributed by atoms with Crippen LogP contribution in [-0.2, 0) is 0 Å². The van der Waals surface area contributed by atoms with Crippen molar-refractivity contribution in [3.8, 4) is 0 Å². The quantitative estimate of drug-likeness (QED) is 0.544. The number of fused-ring (bicyclic) bond motifs is 3. The molecule has 0 bridgehead atoms. The first-order chi connectivity index (χ1) is 7.25. The minimum absolute atomic E-state index is 0.167. The first-order valence-electron chi connectivity index (χ1n) is 4.59. The van der Waals surface area contributed by atoms with E-state index in [9.17, 15) is 0 Å². The molecule has 0 saturated heterocycles. The molecular weight excluding hydrogens is 190 g/mol. The molecule has 0 atom stereocenters. The fraction of sp³-hybridized carbons (Fsp3) is 0. The highest BCUT2D eigenvalue weighted by molar-refractivity contribution is 6.09. The molecule has 2 aromatic carbocycles. The highest BCUT2D eigenvalue weighted by Gasteiger charge is 2.09.